The van der Waals surface area contributed by atoms with E-state index in [2.05, 4.69) is 25.7 Å². The van der Waals surface area contributed by atoms with Crippen LogP contribution in [-0.2, 0) is 9.84 Å². The number of nitrogens with zero attached hydrogens (tertiary/aromatic N) is 1. The fraction of sp³-hybridized carbons (Fsp3) is 1.00. The lowest BCUT2D eigenvalue weighted by molar-refractivity contribution is 0.191. The van der Waals surface area contributed by atoms with E-state index in [1.165, 1.54) is 6.26 Å². The normalized spacial score (nSPS) is 13.4. The second-order valence-electron chi connectivity index (χ2n) is 5.27. The van der Waals surface area contributed by atoms with Gasteiger partial charge in [0.25, 0.3) is 0 Å². The molecule has 0 aliphatic heterocycles. The Labute approximate surface area is 100 Å². The molecule has 0 atom stereocenters. The van der Waals surface area contributed by atoms with Gasteiger partial charge < -0.3 is 10.6 Å². The van der Waals surface area contributed by atoms with Crippen LogP contribution < -0.4 is 5.73 Å². The third kappa shape index (κ3) is 8.07. The molecular formula is C11H26N2O2S. The van der Waals surface area contributed by atoms with Crippen LogP contribution in [0.15, 0.2) is 0 Å². The number of rotatable bonds is 8. The molecular weight excluding hydrogens is 224 g/mol. The van der Waals surface area contributed by atoms with Crippen molar-refractivity contribution in [3.8, 4) is 0 Å². The molecule has 98 valence electrons. The van der Waals surface area contributed by atoms with Crippen LogP contribution in [0, 0.1) is 5.41 Å². The molecule has 0 aliphatic rings. The molecule has 4 nitrogen and oxygen atoms in total. The van der Waals surface area contributed by atoms with Crippen LogP contribution in [0.3, 0.4) is 0 Å². The van der Waals surface area contributed by atoms with Gasteiger partial charge in [-0.05, 0) is 24.9 Å². The summed E-state index contributed by atoms with van der Waals surface area (Å²) in [5.41, 5.74) is 5.74. The Kier molecular flexibility index (Phi) is 6.51. The molecule has 0 amide bonds. The maximum absolute atomic E-state index is 11.1. The van der Waals surface area contributed by atoms with Crippen molar-refractivity contribution in [2.24, 2.45) is 11.1 Å². The molecule has 0 aromatic heterocycles. The Morgan fingerprint density at radius 3 is 2.19 bits per heavy atom. The summed E-state index contributed by atoms with van der Waals surface area (Å²) in [6.45, 7) is 9.32. The minimum absolute atomic E-state index is 0.0483. The van der Waals surface area contributed by atoms with E-state index in [0.29, 0.717) is 13.1 Å². The van der Waals surface area contributed by atoms with Crippen LogP contribution in [0.2, 0.25) is 0 Å². The maximum atomic E-state index is 11.1. The van der Waals surface area contributed by atoms with Crippen LogP contribution in [-0.4, -0.2) is 51.5 Å². The summed E-state index contributed by atoms with van der Waals surface area (Å²) in [6, 6.07) is 0. The van der Waals surface area contributed by atoms with Crippen LogP contribution in [0.1, 0.15) is 27.2 Å². The molecule has 0 bridgehead atoms. The first-order chi connectivity index (χ1) is 7.20. The van der Waals surface area contributed by atoms with Gasteiger partial charge in [0.15, 0.2) is 0 Å². The van der Waals surface area contributed by atoms with Crippen molar-refractivity contribution < 1.29 is 8.42 Å². The van der Waals surface area contributed by atoms with Crippen molar-refractivity contribution in [1.29, 1.82) is 0 Å². The molecule has 0 saturated heterocycles. The first-order valence-corrected chi connectivity index (χ1v) is 7.86. The Balaban J connectivity index is 4.28. The third-order valence-corrected chi connectivity index (χ3v) is 3.45. The molecule has 2 N–H and O–H groups in total. The fourth-order valence-electron chi connectivity index (χ4n) is 1.55. The molecule has 0 fully saturated rings. The summed E-state index contributed by atoms with van der Waals surface area (Å²) in [5, 5.41) is 0. The van der Waals surface area contributed by atoms with Crippen molar-refractivity contribution in [1.82, 2.24) is 4.90 Å². The summed E-state index contributed by atoms with van der Waals surface area (Å²) in [5.74, 6) is 0.230. The molecule has 0 aromatic carbocycles. The minimum atomic E-state index is -2.87. The number of hydrogen-bond donors (Lipinski definition) is 1. The molecule has 0 rings (SSSR count). The number of sulfone groups is 1. The van der Waals surface area contributed by atoms with E-state index in [1.54, 1.807) is 0 Å². The number of hydrogen-bond acceptors (Lipinski definition) is 4. The van der Waals surface area contributed by atoms with Gasteiger partial charge in [-0.15, -0.1) is 0 Å². The van der Waals surface area contributed by atoms with Gasteiger partial charge >= 0.3 is 0 Å². The van der Waals surface area contributed by atoms with Gasteiger partial charge in [-0.25, -0.2) is 8.42 Å². The Morgan fingerprint density at radius 1 is 1.25 bits per heavy atom. The smallest absolute Gasteiger partial charge is 0.148 e. The van der Waals surface area contributed by atoms with Crippen LogP contribution >= 0.6 is 0 Å². The zero-order valence-corrected chi connectivity index (χ0v) is 11.8. The van der Waals surface area contributed by atoms with E-state index in [1.807, 2.05) is 0 Å². The average Bonchev–Trinajstić information content (AvgIpc) is 2.13. The van der Waals surface area contributed by atoms with Gasteiger partial charge in [-0.1, -0.05) is 20.8 Å². The Morgan fingerprint density at radius 2 is 1.81 bits per heavy atom. The first kappa shape index (κ1) is 15.9. The van der Waals surface area contributed by atoms with E-state index in [9.17, 15) is 8.42 Å². The summed E-state index contributed by atoms with van der Waals surface area (Å²) in [7, 11) is -2.87. The molecule has 0 radical (unpaired) electrons. The second kappa shape index (κ2) is 6.57. The molecule has 0 heterocycles. The first-order valence-electron chi connectivity index (χ1n) is 5.80. The highest BCUT2D eigenvalue weighted by molar-refractivity contribution is 7.90. The van der Waals surface area contributed by atoms with E-state index >= 15 is 0 Å². The predicted octanol–water partition coefficient (Wildman–Crippen LogP) is 0.728. The van der Waals surface area contributed by atoms with Crippen molar-refractivity contribution in [3.05, 3.63) is 0 Å². The van der Waals surface area contributed by atoms with Gasteiger partial charge in [-0.2, -0.15) is 0 Å². The van der Waals surface area contributed by atoms with Gasteiger partial charge in [0.1, 0.15) is 9.84 Å². The second-order valence-corrected chi connectivity index (χ2v) is 7.53. The lowest BCUT2D eigenvalue weighted by Gasteiger charge is -2.31. The van der Waals surface area contributed by atoms with Crippen molar-refractivity contribution in [2.45, 2.75) is 27.2 Å². The van der Waals surface area contributed by atoms with Crippen molar-refractivity contribution in [3.63, 3.8) is 0 Å². The topological polar surface area (TPSA) is 63.4 Å². The van der Waals surface area contributed by atoms with Crippen molar-refractivity contribution in [2.75, 3.05) is 38.2 Å². The minimum Gasteiger partial charge on any atom is -0.330 e. The molecule has 0 unspecified atom stereocenters. The van der Waals surface area contributed by atoms with Crippen LogP contribution in [0.5, 0.6) is 0 Å². The molecule has 0 aliphatic carbocycles. The molecule has 16 heavy (non-hydrogen) atoms. The lowest BCUT2D eigenvalue weighted by Crippen LogP contribution is -2.41. The highest BCUT2D eigenvalue weighted by Gasteiger charge is 2.20. The fourth-order valence-corrected chi connectivity index (χ4v) is 2.14. The maximum Gasteiger partial charge on any atom is 0.148 e. The van der Waals surface area contributed by atoms with E-state index in [4.69, 9.17) is 5.73 Å². The predicted molar refractivity (Wildman–Crippen MR) is 69.3 cm³/mol. The monoisotopic (exact) mass is 250 g/mol. The van der Waals surface area contributed by atoms with E-state index in [-0.39, 0.29) is 11.2 Å². The summed E-state index contributed by atoms with van der Waals surface area (Å²) in [4.78, 5) is 2.19. The van der Waals surface area contributed by atoms with Gasteiger partial charge in [-0.3, -0.25) is 0 Å². The largest absolute Gasteiger partial charge is 0.330 e. The summed E-state index contributed by atoms with van der Waals surface area (Å²) < 4.78 is 22.2. The molecule has 0 aromatic rings. The Bertz CT molecular complexity index is 286. The van der Waals surface area contributed by atoms with Gasteiger partial charge in [0.05, 0.1) is 5.75 Å². The average molecular weight is 250 g/mol. The Hall–Kier alpha value is -0.130. The zero-order valence-electron chi connectivity index (χ0n) is 11.0. The van der Waals surface area contributed by atoms with Crippen LogP contribution in [0.25, 0.3) is 0 Å². The summed E-state index contributed by atoms with van der Waals surface area (Å²) >= 11 is 0. The van der Waals surface area contributed by atoms with Gasteiger partial charge in [0.2, 0.25) is 0 Å². The molecule has 0 spiro atoms. The lowest BCUT2D eigenvalue weighted by atomic mass is 9.93. The highest BCUT2D eigenvalue weighted by atomic mass is 32.2. The highest BCUT2D eigenvalue weighted by Crippen LogP contribution is 2.15. The quantitative estimate of drug-likeness (QED) is 0.690. The third-order valence-electron chi connectivity index (χ3n) is 2.52. The molecule has 0 saturated carbocycles. The standard InChI is InChI=1S/C11H26N2O2S/c1-5-6-13(7-8-16(4,14)15)10-11(2,3)9-12/h5-10,12H2,1-4H3. The van der Waals surface area contributed by atoms with Crippen molar-refractivity contribution >= 4 is 9.84 Å². The molecule has 5 heteroatoms. The van der Waals surface area contributed by atoms with E-state index in [0.717, 1.165) is 19.5 Å². The van der Waals surface area contributed by atoms with Crippen LogP contribution in [0.4, 0.5) is 0 Å². The van der Waals surface area contributed by atoms with E-state index < -0.39 is 9.84 Å². The number of nitrogens with two attached hydrogens (primary N) is 1. The SMILES string of the molecule is CCCN(CCS(C)(=O)=O)CC(C)(C)CN. The zero-order chi connectivity index (χ0) is 12.8. The summed E-state index contributed by atoms with van der Waals surface area (Å²) in [6.07, 6.45) is 2.32. The van der Waals surface area contributed by atoms with Gasteiger partial charge in [0, 0.05) is 19.3 Å².